The lowest BCUT2D eigenvalue weighted by Gasteiger charge is -2.60. The van der Waals surface area contributed by atoms with E-state index in [9.17, 15) is 0 Å². The Bertz CT molecular complexity index is 404. The average Bonchev–Trinajstić information content (AvgIpc) is 2.54. The first kappa shape index (κ1) is 14.5. The minimum absolute atomic E-state index is 0.00587. The van der Waals surface area contributed by atoms with Crippen molar-refractivity contribution in [1.82, 2.24) is 0 Å². The van der Waals surface area contributed by atoms with Crippen molar-refractivity contribution in [2.24, 2.45) is 34.8 Å². The summed E-state index contributed by atoms with van der Waals surface area (Å²) >= 11 is 0. The van der Waals surface area contributed by atoms with Gasteiger partial charge in [-0.25, -0.2) is 0 Å². The monoisotopic (exact) mass is 291 g/mol. The summed E-state index contributed by atoms with van der Waals surface area (Å²) in [5.74, 6) is 3.48. The third-order valence-corrected chi connectivity index (χ3v) is 7.37. The third-order valence-electron chi connectivity index (χ3n) is 7.37. The number of nitrogens with two attached hydrogens (primary N) is 1. The summed E-state index contributed by atoms with van der Waals surface area (Å²) in [6, 6.07) is 0.336. The summed E-state index contributed by atoms with van der Waals surface area (Å²) in [6.07, 6.45) is 9.86. The molecule has 0 amide bonds. The predicted molar refractivity (Wildman–Crippen MR) is 85.9 cm³/mol. The molecule has 1 heterocycles. The molecule has 1 aliphatic heterocycles. The molecule has 4 saturated carbocycles. The number of hydrogen-bond acceptors (Lipinski definition) is 2. The first-order valence-electron chi connectivity index (χ1n) is 9.15. The highest BCUT2D eigenvalue weighted by Gasteiger charge is 2.58. The van der Waals surface area contributed by atoms with Gasteiger partial charge in [0.15, 0.2) is 0 Å². The van der Waals surface area contributed by atoms with E-state index < -0.39 is 0 Å². The van der Waals surface area contributed by atoms with Crippen LogP contribution in [0.4, 0.5) is 0 Å². The van der Waals surface area contributed by atoms with Gasteiger partial charge in [0.1, 0.15) is 0 Å². The first-order chi connectivity index (χ1) is 9.69. The maximum atomic E-state index is 6.99. The van der Waals surface area contributed by atoms with Crippen LogP contribution >= 0.6 is 0 Å². The van der Waals surface area contributed by atoms with Gasteiger partial charge in [0, 0.05) is 12.0 Å². The molecule has 5 rings (SSSR count). The van der Waals surface area contributed by atoms with Crippen LogP contribution in [-0.2, 0) is 4.74 Å². The maximum Gasteiger partial charge on any atom is 0.0677 e. The van der Waals surface area contributed by atoms with E-state index in [4.69, 9.17) is 10.5 Å². The topological polar surface area (TPSA) is 35.2 Å². The van der Waals surface area contributed by atoms with Crippen molar-refractivity contribution in [2.45, 2.75) is 89.9 Å². The molecule has 2 N–H and O–H groups in total. The van der Waals surface area contributed by atoms with E-state index in [-0.39, 0.29) is 11.2 Å². The van der Waals surface area contributed by atoms with Gasteiger partial charge < -0.3 is 10.5 Å². The summed E-state index contributed by atoms with van der Waals surface area (Å²) in [5, 5.41) is 0. The molecule has 5 aliphatic rings. The van der Waals surface area contributed by atoms with E-state index in [1.165, 1.54) is 38.5 Å². The fourth-order valence-electron chi connectivity index (χ4n) is 7.18. The van der Waals surface area contributed by atoms with Crippen LogP contribution < -0.4 is 5.73 Å². The maximum absolute atomic E-state index is 6.99. The Labute approximate surface area is 130 Å². The number of rotatable bonds is 2. The number of ether oxygens (including phenoxy) is 1. The standard InChI is InChI=1S/C19H33NO/c1-17(2)11-15(18(3,4)21-17)16(20)19-8-12-5-13(9-19)7-14(6-12)10-19/h12-16H,5-11,20H2,1-4H3. The van der Waals surface area contributed by atoms with Crippen LogP contribution in [0.15, 0.2) is 0 Å². The van der Waals surface area contributed by atoms with Crippen molar-refractivity contribution in [3.05, 3.63) is 0 Å². The SMILES string of the molecule is CC1(C)CC(C(N)C23CC4CC(CC(C4)C2)C3)C(C)(C)O1. The second kappa shape index (κ2) is 4.26. The minimum Gasteiger partial charge on any atom is -0.369 e. The van der Waals surface area contributed by atoms with Gasteiger partial charge in [-0.15, -0.1) is 0 Å². The van der Waals surface area contributed by atoms with Crippen molar-refractivity contribution in [3.63, 3.8) is 0 Å². The third kappa shape index (κ3) is 2.20. The molecule has 0 aromatic heterocycles. The van der Waals surface area contributed by atoms with Crippen LogP contribution in [0, 0.1) is 29.1 Å². The summed E-state index contributed by atoms with van der Waals surface area (Å²) in [5.41, 5.74) is 7.37. The van der Waals surface area contributed by atoms with Crippen molar-refractivity contribution < 1.29 is 4.74 Å². The molecule has 120 valence electrons. The molecule has 4 aliphatic carbocycles. The highest BCUT2D eigenvalue weighted by molar-refractivity contribution is 5.10. The van der Waals surface area contributed by atoms with Gasteiger partial charge in [-0.1, -0.05) is 0 Å². The molecule has 2 unspecified atom stereocenters. The van der Waals surface area contributed by atoms with Gasteiger partial charge in [-0.3, -0.25) is 0 Å². The van der Waals surface area contributed by atoms with E-state index in [0.717, 1.165) is 24.2 Å². The van der Waals surface area contributed by atoms with Crippen LogP contribution in [0.2, 0.25) is 0 Å². The van der Waals surface area contributed by atoms with Crippen LogP contribution in [0.1, 0.15) is 72.6 Å². The molecule has 2 heteroatoms. The lowest BCUT2D eigenvalue weighted by molar-refractivity contribution is -0.106. The molecular weight excluding hydrogens is 258 g/mol. The van der Waals surface area contributed by atoms with E-state index in [1.54, 1.807) is 0 Å². The Morgan fingerprint density at radius 3 is 1.71 bits per heavy atom. The van der Waals surface area contributed by atoms with Gasteiger partial charge in [-0.2, -0.15) is 0 Å². The van der Waals surface area contributed by atoms with Gasteiger partial charge >= 0.3 is 0 Å². The highest BCUT2D eigenvalue weighted by Crippen LogP contribution is 2.63. The Balaban J connectivity index is 1.61. The van der Waals surface area contributed by atoms with E-state index >= 15 is 0 Å². The first-order valence-corrected chi connectivity index (χ1v) is 9.15. The quantitative estimate of drug-likeness (QED) is 0.830. The van der Waals surface area contributed by atoms with Gasteiger partial charge in [0.05, 0.1) is 11.2 Å². The molecule has 21 heavy (non-hydrogen) atoms. The minimum atomic E-state index is -0.0632. The molecule has 2 nitrogen and oxygen atoms in total. The van der Waals surface area contributed by atoms with Gasteiger partial charge in [0.2, 0.25) is 0 Å². The summed E-state index contributed by atoms with van der Waals surface area (Å²) in [4.78, 5) is 0. The summed E-state index contributed by atoms with van der Waals surface area (Å²) < 4.78 is 6.35. The summed E-state index contributed by atoms with van der Waals surface area (Å²) in [7, 11) is 0. The largest absolute Gasteiger partial charge is 0.369 e. The van der Waals surface area contributed by atoms with Crippen LogP contribution in [0.5, 0.6) is 0 Å². The van der Waals surface area contributed by atoms with Gasteiger partial charge in [-0.05, 0) is 95.8 Å². The smallest absolute Gasteiger partial charge is 0.0677 e. The molecule has 0 aromatic rings. The van der Waals surface area contributed by atoms with Crippen LogP contribution in [0.25, 0.3) is 0 Å². The van der Waals surface area contributed by atoms with Crippen molar-refractivity contribution in [3.8, 4) is 0 Å². The lowest BCUT2D eigenvalue weighted by Crippen LogP contribution is -2.59. The second-order valence-electron chi connectivity index (χ2n) is 10.1. The lowest BCUT2D eigenvalue weighted by atomic mass is 9.46. The van der Waals surface area contributed by atoms with Crippen molar-refractivity contribution in [1.29, 1.82) is 0 Å². The Morgan fingerprint density at radius 2 is 1.33 bits per heavy atom. The molecule has 5 fully saturated rings. The zero-order chi connectivity index (χ0) is 15.0. The van der Waals surface area contributed by atoms with E-state index in [0.29, 0.717) is 17.4 Å². The second-order valence-corrected chi connectivity index (χ2v) is 10.1. The van der Waals surface area contributed by atoms with Crippen molar-refractivity contribution in [2.75, 3.05) is 0 Å². The fraction of sp³-hybridized carbons (Fsp3) is 1.00. The van der Waals surface area contributed by atoms with Crippen molar-refractivity contribution >= 4 is 0 Å². The normalized spacial score (nSPS) is 51.3. The Hall–Kier alpha value is -0.0800. The molecule has 1 saturated heterocycles. The van der Waals surface area contributed by atoms with Crippen LogP contribution in [0.3, 0.4) is 0 Å². The number of hydrogen-bond donors (Lipinski definition) is 1. The molecule has 0 radical (unpaired) electrons. The Morgan fingerprint density at radius 1 is 0.857 bits per heavy atom. The zero-order valence-corrected chi connectivity index (χ0v) is 14.3. The summed E-state index contributed by atoms with van der Waals surface area (Å²) in [6.45, 7) is 9.02. The average molecular weight is 291 g/mol. The molecule has 0 spiro atoms. The predicted octanol–water partition coefficient (Wildman–Crippen LogP) is 4.12. The van der Waals surface area contributed by atoms with Gasteiger partial charge in [0.25, 0.3) is 0 Å². The fourth-order valence-corrected chi connectivity index (χ4v) is 7.18. The molecule has 0 aromatic carbocycles. The molecule has 4 bridgehead atoms. The zero-order valence-electron chi connectivity index (χ0n) is 14.3. The molecule has 2 atom stereocenters. The van der Waals surface area contributed by atoms with E-state index in [1.807, 2.05) is 0 Å². The highest BCUT2D eigenvalue weighted by atomic mass is 16.5. The van der Waals surface area contributed by atoms with Crippen LogP contribution in [-0.4, -0.2) is 17.2 Å². The van der Waals surface area contributed by atoms with E-state index in [2.05, 4.69) is 27.7 Å². The molecular formula is C19H33NO. The Kier molecular flexibility index (Phi) is 2.94.